The van der Waals surface area contributed by atoms with E-state index in [0.717, 1.165) is 5.56 Å². The summed E-state index contributed by atoms with van der Waals surface area (Å²) in [5, 5.41) is 0. The first-order valence-corrected chi connectivity index (χ1v) is 5.17. The van der Waals surface area contributed by atoms with Crippen molar-refractivity contribution in [3.8, 4) is 0 Å². The van der Waals surface area contributed by atoms with Gasteiger partial charge in [0.05, 0.1) is 0 Å². The van der Waals surface area contributed by atoms with Crippen molar-refractivity contribution in [1.82, 2.24) is 9.55 Å². The number of hydrogen-bond donors (Lipinski definition) is 1. The molecule has 2 rings (SSSR count). The lowest BCUT2D eigenvalue weighted by molar-refractivity contribution is 0.528. The van der Waals surface area contributed by atoms with Crippen LogP contribution < -0.4 is 5.69 Å². The second-order valence-electron chi connectivity index (χ2n) is 3.85. The zero-order chi connectivity index (χ0) is 11.5. The van der Waals surface area contributed by atoms with Crippen molar-refractivity contribution >= 4 is 0 Å². The van der Waals surface area contributed by atoms with Crippen LogP contribution in [-0.4, -0.2) is 9.55 Å². The molecule has 4 heteroatoms. The van der Waals surface area contributed by atoms with Crippen LogP contribution in [0.1, 0.15) is 18.5 Å². The van der Waals surface area contributed by atoms with Gasteiger partial charge < -0.3 is 4.98 Å². The van der Waals surface area contributed by atoms with Gasteiger partial charge in [0.25, 0.3) is 0 Å². The van der Waals surface area contributed by atoms with E-state index in [-0.39, 0.29) is 17.5 Å². The molecular weight excluding hydrogens is 207 g/mol. The van der Waals surface area contributed by atoms with E-state index in [1.165, 1.54) is 12.1 Å². The molecule has 84 valence electrons. The summed E-state index contributed by atoms with van der Waals surface area (Å²) in [4.78, 5) is 13.9. The van der Waals surface area contributed by atoms with Crippen molar-refractivity contribution in [2.45, 2.75) is 19.4 Å². The van der Waals surface area contributed by atoms with Crippen LogP contribution in [0.5, 0.6) is 0 Å². The van der Waals surface area contributed by atoms with E-state index < -0.39 is 0 Å². The van der Waals surface area contributed by atoms with Crippen molar-refractivity contribution in [1.29, 1.82) is 0 Å². The van der Waals surface area contributed by atoms with E-state index >= 15 is 0 Å². The van der Waals surface area contributed by atoms with Crippen LogP contribution >= 0.6 is 0 Å². The van der Waals surface area contributed by atoms with Crippen LogP contribution in [0.15, 0.2) is 41.5 Å². The third-order valence-corrected chi connectivity index (χ3v) is 2.60. The number of halogens is 1. The molecule has 1 aromatic carbocycles. The topological polar surface area (TPSA) is 37.8 Å². The van der Waals surface area contributed by atoms with E-state index in [9.17, 15) is 9.18 Å². The quantitative estimate of drug-likeness (QED) is 0.845. The highest BCUT2D eigenvalue weighted by Crippen LogP contribution is 2.12. The summed E-state index contributed by atoms with van der Waals surface area (Å²) in [6.45, 7) is 1.96. The highest BCUT2D eigenvalue weighted by Gasteiger charge is 2.07. The summed E-state index contributed by atoms with van der Waals surface area (Å²) in [7, 11) is 0. The molecule has 0 saturated heterocycles. The molecule has 3 nitrogen and oxygen atoms in total. The molecule has 1 aromatic heterocycles. The fourth-order valence-corrected chi connectivity index (χ4v) is 1.74. The van der Waals surface area contributed by atoms with Gasteiger partial charge in [0.2, 0.25) is 0 Å². The van der Waals surface area contributed by atoms with Gasteiger partial charge in [0.1, 0.15) is 5.82 Å². The monoisotopic (exact) mass is 220 g/mol. The molecule has 1 atom stereocenters. The zero-order valence-electron chi connectivity index (χ0n) is 8.98. The largest absolute Gasteiger partial charge is 0.325 e. The maximum atomic E-state index is 12.7. The fourth-order valence-electron chi connectivity index (χ4n) is 1.74. The maximum Gasteiger partial charge on any atom is 0.325 e. The lowest BCUT2D eigenvalue weighted by Gasteiger charge is -2.11. The number of H-pyrrole nitrogens is 1. The molecule has 0 amide bonds. The molecule has 0 fully saturated rings. The number of hydrogen-bond acceptors (Lipinski definition) is 1. The number of aromatic amines is 1. The summed E-state index contributed by atoms with van der Waals surface area (Å²) >= 11 is 0. The van der Waals surface area contributed by atoms with Crippen molar-refractivity contribution < 1.29 is 4.39 Å². The summed E-state index contributed by atoms with van der Waals surface area (Å²) in [6, 6.07) is 6.40. The van der Waals surface area contributed by atoms with Crippen LogP contribution in [0, 0.1) is 5.82 Å². The Morgan fingerprint density at radius 3 is 2.62 bits per heavy atom. The normalized spacial score (nSPS) is 12.6. The summed E-state index contributed by atoms with van der Waals surface area (Å²) in [6.07, 6.45) is 4.04. The number of aromatic nitrogens is 2. The van der Waals surface area contributed by atoms with Crippen LogP contribution in [0.3, 0.4) is 0 Å². The average molecular weight is 220 g/mol. The number of imidazole rings is 1. The predicted molar refractivity (Wildman–Crippen MR) is 59.9 cm³/mol. The molecule has 1 unspecified atom stereocenters. The Balaban J connectivity index is 2.14. The van der Waals surface area contributed by atoms with Gasteiger partial charge in [0.15, 0.2) is 0 Å². The molecule has 0 radical (unpaired) electrons. The summed E-state index contributed by atoms with van der Waals surface area (Å²) in [5.74, 6) is -0.241. The minimum absolute atomic E-state index is 0.0595. The predicted octanol–water partition coefficient (Wildman–Crippen LogP) is 2.12. The van der Waals surface area contributed by atoms with E-state index in [4.69, 9.17) is 0 Å². The van der Waals surface area contributed by atoms with Crippen LogP contribution in [0.4, 0.5) is 4.39 Å². The Morgan fingerprint density at radius 2 is 2.06 bits per heavy atom. The molecule has 0 aliphatic carbocycles. The van der Waals surface area contributed by atoms with E-state index in [0.29, 0.717) is 6.42 Å². The van der Waals surface area contributed by atoms with Crippen LogP contribution in [0.2, 0.25) is 0 Å². The van der Waals surface area contributed by atoms with Gasteiger partial charge in [-0.1, -0.05) is 12.1 Å². The van der Waals surface area contributed by atoms with Crippen LogP contribution in [-0.2, 0) is 6.42 Å². The molecule has 0 aliphatic heterocycles. The number of nitrogens with zero attached hydrogens (tertiary/aromatic N) is 1. The lowest BCUT2D eigenvalue weighted by Crippen LogP contribution is -2.21. The molecule has 0 bridgehead atoms. The Bertz CT molecular complexity index is 512. The number of rotatable bonds is 3. The molecule has 16 heavy (non-hydrogen) atoms. The van der Waals surface area contributed by atoms with E-state index in [1.54, 1.807) is 29.1 Å². The first-order valence-electron chi connectivity index (χ1n) is 5.17. The maximum absolute atomic E-state index is 12.7. The van der Waals surface area contributed by atoms with Gasteiger partial charge >= 0.3 is 5.69 Å². The first-order chi connectivity index (χ1) is 7.66. The van der Waals surface area contributed by atoms with Crippen molar-refractivity contribution in [2.24, 2.45) is 0 Å². The number of nitrogens with one attached hydrogen (secondary N) is 1. The van der Waals surface area contributed by atoms with Crippen molar-refractivity contribution in [2.75, 3.05) is 0 Å². The Hall–Kier alpha value is -1.84. The van der Waals surface area contributed by atoms with Crippen LogP contribution in [0.25, 0.3) is 0 Å². The summed E-state index contributed by atoms with van der Waals surface area (Å²) < 4.78 is 14.3. The average Bonchev–Trinajstić information content (AvgIpc) is 2.68. The molecule has 1 N–H and O–H groups in total. The highest BCUT2D eigenvalue weighted by atomic mass is 19.1. The third kappa shape index (κ3) is 2.21. The van der Waals surface area contributed by atoms with Crippen molar-refractivity contribution in [3.63, 3.8) is 0 Å². The van der Waals surface area contributed by atoms with Gasteiger partial charge in [0, 0.05) is 18.4 Å². The van der Waals surface area contributed by atoms with Gasteiger partial charge in [-0.2, -0.15) is 0 Å². The van der Waals surface area contributed by atoms with Gasteiger partial charge in [-0.25, -0.2) is 9.18 Å². The van der Waals surface area contributed by atoms with E-state index in [1.807, 2.05) is 6.92 Å². The Labute approximate surface area is 92.5 Å². The minimum atomic E-state index is -0.241. The SMILES string of the molecule is CC(Cc1ccc(F)cc1)n1cc[nH]c1=O. The lowest BCUT2D eigenvalue weighted by atomic mass is 10.1. The second kappa shape index (κ2) is 4.35. The number of benzene rings is 1. The Morgan fingerprint density at radius 1 is 1.38 bits per heavy atom. The molecule has 1 heterocycles. The molecule has 0 aliphatic rings. The smallest absolute Gasteiger partial charge is 0.313 e. The molecule has 0 spiro atoms. The van der Waals surface area contributed by atoms with E-state index in [2.05, 4.69) is 4.98 Å². The first kappa shape index (κ1) is 10.7. The summed E-state index contributed by atoms with van der Waals surface area (Å²) in [5.41, 5.74) is 0.900. The zero-order valence-corrected chi connectivity index (χ0v) is 8.98. The van der Waals surface area contributed by atoms with Gasteiger partial charge in [-0.05, 0) is 31.0 Å². The molecule has 0 saturated carbocycles. The second-order valence-corrected chi connectivity index (χ2v) is 3.85. The fraction of sp³-hybridized carbons (Fsp3) is 0.250. The standard InChI is InChI=1S/C12H13FN2O/c1-9(15-7-6-14-12(15)16)8-10-2-4-11(13)5-3-10/h2-7,9H,8H2,1H3,(H,14,16). The van der Waals surface area contributed by atoms with Gasteiger partial charge in [-0.15, -0.1) is 0 Å². The highest BCUT2D eigenvalue weighted by molar-refractivity contribution is 5.16. The van der Waals surface area contributed by atoms with Crippen molar-refractivity contribution in [3.05, 3.63) is 58.5 Å². The molecule has 2 aromatic rings. The van der Waals surface area contributed by atoms with Gasteiger partial charge in [-0.3, -0.25) is 4.57 Å². The molecular formula is C12H13FN2O. The Kier molecular flexibility index (Phi) is 2.90. The minimum Gasteiger partial charge on any atom is -0.313 e. The third-order valence-electron chi connectivity index (χ3n) is 2.60.